The molecule has 0 aliphatic carbocycles. The van der Waals surface area contributed by atoms with E-state index in [0.717, 1.165) is 31.7 Å². The van der Waals surface area contributed by atoms with Crippen LogP contribution in [0.5, 0.6) is 0 Å². The molecule has 5 heteroatoms. The highest BCUT2D eigenvalue weighted by Gasteiger charge is 2.31. The highest BCUT2D eigenvalue weighted by molar-refractivity contribution is 5.15. The zero-order valence-corrected chi connectivity index (χ0v) is 14.6. The van der Waals surface area contributed by atoms with Crippen molar-refractivity contribution in [1.82, 2.24) is 15.2 Å². The van der Waals surface area contributed by atoms with E-state index in [1.54, 1.807) is 0 Å². The minimum absolute atomic E-state index is 0.365. The Kier molecular flexibility index (Phi) is 6.53. The van der Waals surface area contributed by atoms with E-state index in [9.17, 15) is 5.11 Å². The Morgan fingerprint density at radius 1 is 1.16 bits per heavy atom. The number of pyridine rings is 1. The van der Waals surface area contributed by atoms with E-state index in [-0.39, 0.29) is 0 Å². The van der Waals surface area contributed by atoms with E-state index in [4.69, 9.17) is 4.74 Å². The topological polar surface area (TPSA) is 57.6 Å². The highest BCUT2D eigenvalue weighted by atomic mass is 16.5. The Bertz CT molecular complexity index is 613. The Morgan fingerprint density at radius 3 is 2.80 bits per heavy atom. The maximum Gasteiger partial charge on any atom is 0.113 e. The van der Waals surface area contributed by atoms with Crippen molar-refractivity contribution in [2.24, 2.45) is 0 Å². The van der Waals surface area contributed by atoms with E-state index in [0.29, 0.717) is 26.3 Å². The van der Waals surface area contributed by atoms with Crippen LogP contribution in [-0.2, 0) is 17.7 Å². The van der Waals surface area contributed by atoms with Crippen molar-refractivity contribution in [3.63, 3.8) is 0 Å². The third kappa shape index (κ3) is 5.90. The van der Waals surface area contributed by atoms with Crippen LogP contribution in [0.4, 0.5) is 0 Å². The molecule has 0 radical (unpaired) electrons. The summed E-state index contributed by atoms with van der Waals surface area (Å²) in [5.41, 5.74) is 1.44. The molecule has 0 bridgehead atoms. The van der Waals surface area contributed by atoms with E-state index < -0.39 is 5.60 Å². The molecule has 134 valence electrons. The summed E-state index contributed by atoms with van der Waals surface area (Å²) in [4.78, 5) is 6.71. The molecule has 2 aromatic rings. The molecular weight excluding hydrogens is 314 g/mol. The van der Waals surface area contributed by atoms with Crippen LogP contribution in [0.3, 0.4) is 0 Å². The van der Waals surface area contributed by atoms with E-state index in [2.05, 4.69) is 39.5 Å². The summed E-state index contributed by atoms with van der Waals surface area (Å²) in [5, 5.41) is 14.2. The summed E-state index contributed by atoms with van der Waals surface area (Å²) in [5.74, 6) is 0. The van der Waals surface area contributed by atoms with Crippen molar-refractivity contribution in [2.45, 2.75) is 18.6 Å². The standard InChI is InChI=1S/C20H27N3O2/c24-20(15-21-11-13-25-17-20)16-23(14-19-8-4-5-10-22-19)12-9-18-6-2-1-3-7-18/h1-8,10,21,24H,9,11-17H2. The second-order valence-electron chi connectivity index (χ2n) is 6.72. The lowest BCUT2D eigenvalue weighted by atomic mass is 10.0. The first kappa shape index (κ1) is 18.0. The monoisotopic (exact) mass is 341 g/mol. The highest BCUT2D eigenvalue weighted by Crippen LogP contribution is 2.13. The molecule has 0 saturated carbocycles. The summed E-state index contributed by atoms with van der Waals surface area (Å²) in [7, 11) is 0. The van der Waals surface area contributed by atoms with Gasteiger partial charge in [0.05, 0.1) is 18.9 Å². The first-order chi connectivity index (χ1) is 12.2. The fraction of sp³-hybridized carbons (Fsp3) is 0.450. The number of hydrogen-bond donors (Lipinski definition) is 2. The average Bonchev–Trinajstić information content (AvgIpc) is 2.86. The maximum absolute atomic E-state index is 10.9. The SMILES string of the molecule is OC1(CN(CCc2ccccc2)Cc2ccccn2)CNCCOC1. The van der Waals surface area contributed by atoms with Crippen LogP contribution in [-0.4, -0.2) is 60.0 Å². The van der Waals surface area contributed by atoms with Gasteiger partial charge in [0.1, 0.15) is 5.60 Å². The lowest BCUT2D eigenvalue weighted by Gasteiger charge is -2.33. The molecule has 2 N–H and O–H groups in total. The van der Waals surface area contributed by atoms with Gasteiger partial charge in [-0.05, 0) is 24.1 Å². The molecule has 1 aromatic heterocycles. The largest absolute Gasteiger partial charge is 0.385 e. The zero-order chi connectivity index (χ0) is 17.4. The molecule has 0 spiro atoms. The first-order valence-corrected chi connectivity index (χ1v) is 8.91. The molecular formula is C20H27N3O2. The minimum atomic E-state index is -0.873. The summed E-state index contributed by atoms with van der Waals surface area (Å²) < 4.78 is 5.57. The molecule has 1 aliphatic rings. The quantitative estimate of drug-likeness (QED) is 0.799. The molecule has 1 aromatic carbocycles. The average molecular weight is 341 g/mol. The van der Waals surface area contributed by atoms with Crippen LogP contribution in [0.25, 0.3) is 0 Å². The van der Waals surface area contributed by atoms with Gasteiger partial charge in [0.15, 0.2) is 0 Å². The molecule has 3 rings (SSSR count). The number of hydrogen-bond acceptors (Lipinski definition) is 5. The molecule has 25 heavy (non-hydrogen) atoms. The number of aliphatic hydroxyl groups is 1. The first-order valence-electron chi connectivity index (χ1n) is 8.91. The van der Waals surface area contributed by atoms with E-state index >= 15 is 0 Å². The number of benzene rings is 1. The Labute approximate surface area is 149 Å². The zero-order valence-electron chi connectivity index (χ0n) is 14.6. The van der Waals surface area contributed by atoms with Crippen LogP contribution in [0.15, 0.2) is 54.7 Å². The number of rotatable bonds is 7. The Hall–Kier alpha value is -1.79. The van der Waals surface area contributed by atoms with Crippen LogP contribution in [0.1, 0.15) is 11.3 Å². The van der Waals surface area contributed by atoms with Gasteiger partial charge in [-0.25, -0.2) is 0 Å². The molecule has 2 heterocycles. The van der Waals surface area contributed by atoms with E-state index in [1.807, 2.05) is 30.5 Å². The Balaban J connectivity index is 1.66. The number of nitrogens with one attached hydrogen (secondary N) is 1. The van der Waals surface area contributed by atoms with Gasteiger partial charge >= 0.3 is 0 Å². The molecule has 1 aliphatic heterocycles. The lowest BCUT2D eigenvalue weighted by molar-refractivity contribution is -0.0503. The van der Waals surface area contributed by atoms with Gasteiger partial charge in [0.2, 0.25) is 0 Å². The fourth-order valence-electron chi connectivity index (χ4n) is 3.16. The van der Waals surface area contributed by atoms with Crippen molar-refractivity contribution in [1.29, 1.82) is 0 Å². The van der Waals surface area contributed by atoms with Gasteiger partial charge in [-0.2, -0.15) is 0 Å². The van der Waals surface area contributed by atoms with Gasteiger partial charge in [-0.3, -0.25) is 9.88 Å². The normalized spacial score (nSPS) is 21.2. The van der Waals surface area contributed by atoms with Gasteiger partial charge in [0.25, 0.3) is 0 Å². The van der Waals surface area contributed by atoms with Crippen LogP contribution in [0.2, 0.25) is 0 Å². The third-order valence-corrected chi connectivity index (χ3v) is 4.44. The van der Waals surface area contributed by atoms with Crippen LogP contribution < -0.4 is 5.32 Å². The molecule has 5 nitrogen and oxygen atoms in total. The second kappa shape index (κ2) is 9.06. The van der Waals surface area contributed by atoms with Crippen molar-refractivity contribution in [3.05, 3.63) is 66.0 Å². The fourth-order valence-corrected chi connectivity index (χ4v) is 3.16. The van der Waals surface area contributed by atoms with Crippen molar-refractivity contribution >= 4 is 0 Å². The number of nitrogens with zero attached hydrogens (tertiary/aromatic N) is 2. The minimum Gasteiger partial charge on any atom is -0.385 e. The van der Waals surface area contributed by atoms with Gasteiger partial charge in [-0.1, -0.05) is 36.4 Å². The molecule has 1 saturated heterocycles. The number of aromatic nitrogens is 1. The number of β-amino-alcohol motifs (C(OH)–C–C–N with tert-alkyl or cyclic N) is 1. The Morgan fingerprint density at radius 2 is 2.00 bits per heavy atom. The summed E-state index contributed by atoms with van der Waals surface area (Å²) >= 11 is 0. The van der Waals surface area contributed by atoms with Crippen LogP contribution in [0, 0.1) is 0 Å². The van der Waals surface area contributed by atoms with Gasteiger partial charge < -0.3 is 15.2 Å². The summed E-state index contributed by atoms with van der Waals surface area (Å²) in [6.07, 6.45) is 2.76. The molecule has 1 unspecified atom stereocenters. The summed E-state index contributed by atoms with van der Waals surface area (Å²) in [6.45, 7) is 4.49. The smallest absolute Gasteiger partial charge is 0.113 e. The molecule has 1 fully saturated rings. The third-order valence-electron chi connectivity index (χ3n) is 4.44. The van der Waals surface area contributed by atoms with Crippen molar-refractivity contribution in [3.8, 4) is 0 Å². The number of ether oxygens (including phenoxy) is 1. The predicted molar refractivity (Wildman–Crippen MR) is 98.3 cm³/mol. The van der Waals surface area contributed by atoms with Gasteiger partial charge in [0, 0.05) is 38.9 Å². The van der Waals surface area contributed by atoms with Crippen molar-refractivity contribution < 1.29 is 9.84 Å². The molecule has 1 atom stereocenters. The molecule has 0 amide bonds. The van der Waals surface area contributed by atoms with Crippen LogP contribution >= 0.6 is 0 Å². The summed E-state index contributed by atoms with van der Waals surface area (Å²) in [6, 6.07) is 16.4. The maximum atomic E-state index is 10.9. The van der Waals surface area contributed by atoms with Gasteiger partial charge in [-0.15, -0.1) is 0 Å². The van der Waals surface area contributed by atoms with Crippen molar-refractivity contribution in [2.75, 3.05) is 39.4 Å². The second-order valence-corrected chi connectivity index (χ2v) is 6.72. The predicted octanol–water partition coefficient (Wildman–Crippen LogP) is 1.48. The lowest BCUT2D eigenvalue weighted by Crippen LogP contribution is -2.51. The van der Waals surface area contributed by atoms with E-state index in [1.165, 1.54) is 5.56 Å².